The van der Waals surface area contributed by atoms with Gasteiger partial charge in [-0.05, 0) is 55.6 Å². The van der Waals surface area contributed by atoms with Crippen LogP contribution in [0.4, 0.5) is 0 Å². The molecule has 7 nitrogen and oxygen atoms in total. The summed E-state index contributed by atoms with van der Waals surface area (Å²) in [4.78, 5) is 15.4. The molecule has 5 rings (SSSR count). The third-order valence-electron chi connectivity index (χ3n) is 4.35. The molecule has 3 saturated heterocycles. The minimum absolute atomic E-state index is 0.0406. The van der Waals surface area contributed by atoms with E-state index >= 15 is 0 Å². The molecule has 3 aliphatic heterocycles. The standard InChI is InChI=1S/C14H15ClN4O3S/c15-13-17-18-14(22-13)21-11-2-1-10(23-11)12(20)16-9-7-19-5-3-8(9)4-6-19/h1-2,8-9H,3-7H2,(H,16,20)/t9-/m0/s1. The summed E-state index contributed by atoms with van der Waals surface area (Å²) in [7, 11) is 0. The molecule has 0 saturated carbocycles. The number of carbonyl (C=O) groups is 1. The molecule has 1 amide bonds. The van der Waals surface area contributed by atoms with E-state index in [1.54, 1.807) is 12.1 Å². The lowest BCUT2D eigenvalue weighted by Gasteiger charge is -2.44. The third-order valence-corrected chi connectivity index (χ3v) is 5.46. The number of aromatic nitrogens is 2. The molecule has 0 unspecified atom stereocenters. The molecule has 0 aliphatic carbocycles. The number of thiophene rings is 1. The van der Waals surface area contributed by atoms with E-state index in [0.717, 1.165) is 19.6 Å². The zero-order valence-corrected chi connectivity index (χ0v) is 13.8. The molecule has 2 aromatic rings. The summed E-state index contributed by atoms with van der Waals surface area (Å²) in [5.41, 5.74) is 0. The van der Waals surface area contributed by atoms with Gasteiger partial charge in [0.25, 0.3) is 5.91 Å². The summed E-state index contributed by atoms with van der Waals surface area (Å²) in [5.74, 6) is 0.535. The summed E-state index contributed by atoms with van der Waals surface area (Å²) in [5, 5.41) is 10.7. The number of carbonyl (C=O) groups excluding carboxylic acids is 1. The predicted octanol–water partition coefficient (Wildman–Crippen LogP) is 2.40. The maximum Gasteiger partial charge on any atom is 0.422 e. The number of rotatable bonds is 4. The summed E-state index contributed by atoms with van der Waals surface area (Å²) >= 11 is 6.77. The number of halogens is 1. The maximum absolute atomic E-state index is 12.4. The van der Waals surface area contributed by atoms with Gasteiger partial charge < -0.3 is 19.4 Å². The first-order valence-corrected chi connectivity index (χ1v) is 8.67. The van der Waals surface area contributed by atoms with Gasteiger partial charge in [-0.2, -0.15) is 0 Å². The molecule has 3 fully saturated rings. The molecular weight excluding hydrogens is 340 g/mol. The number of amides is 1. The fourth-order valence-electron chi connectivity index (χ4n) is 3.19. The normalized spacial score (nSPS) is 26.2. The third kappa shape index (κ3) is 3.19. The lowest BCUT2D eigenvalue weighted by molar-refractivity contribution is 0.0622. The van der Waals surface area contributed by atoms with Crippen LogP contribution >= 0.6 is 22.9 Å². The van der Waals surface area contributed by atoms with Gasteiger partial charge in [-0.25, -0.2) is 0 Å². The highest BCUT2D eigenvalue weighted by molar-refractivity contribution is 7.15. The van der Waals surface area contributed by atoms with E-state index in [1.165, 1.54) is 24.2 Å². The van der Waals surface area contributed by atoms with E-state index in [2.05, 4.69) is 20.4 Å². The monoisotopic (exact) mass is 354 g/mol. The minimum atomic E-state index is -0.0862. The van der Waals surface area contributed by atoms with Gasteiger partial charge in [-0.3, -0.25) is 4.79 Å². The van der Waals surface area contributed by atoms with Crippen molar-refractivity contribution in [1.29, 1.82) is 0 Å². The Hall–Kier alpha value is -1.64. The van der Waals surface area contributed by atoms with Crippen LogP contribution in [0.5, 0.6) is 11.1 Å². The second-order valence-corrected chi connectivity index (χ2v) is 7.13. The number of hydrogen-bond acceptors (Lipinski definition) is 7. The largest absolute Gasteiger partial charge is 0.422 e. The second kappa shape index (κ2) is 6.10. The molecule has 2 aromatic heterocycles. The molecule has 1 atom stereocenters. The van der Waals surface area contributed by atoms with E-state index in [0.29, 0.717) is 15.9 Å². The van der Waals surface area contributed by atoms with Crippen molar-refractivity contribution in [1.82, 2.24) is 20.4 Å². The Kier molecular flexibility index (Phi) is 3.96. The molecule has 5 heterocycles. The van der Waals surface area contributed by atoms with Crippen molar-refractivity contribution in [2.45, 2.75) is 18.9 Å². The van der Waals surface area contributed by atoms with Gasteiger partial charge in [0.1, 0.15) is 0 Å². The van der Waals surface area contributed by atoms with Crippen molar-refractivity contribution in [3.8, 4) is 11.1 Å². The fraction of sp³-hybridized carbons (Fsp3) is 0.500. The van der Waals surface area contributed by atoms with Crippen LogP contribution in [0.3, 0.4) is 0 Å². The van der Waals surface area contributed by atoms with Crippen molar-refractivity contribution in [2.75, 3.05) is 19.6 Å². The summed E-state index contributed by atoms with van der Waals surface area (Å²) in [6.07, 6.45) is 2.30. The van der Waals surface area contributed by atoms with Gasteiger partial charge in [0, 0.05) is 12.6 Å². The Bertz CT molecular complexity index is 710. The van der Waals surface area contributed by atoms with E-state index in [4.69, 9.17) is 20.8 Å². The first-order valence-electron chi connectivity index (χ1n) is 7.47. The van der Waals surface area contributed by atoms with E-state index < -0.39 is 0 Å². The van der Waals surface area contributed by atoms with Crippen LogP contribution in [-0.4, -0.2) is 46.7 Å². The van der Waals surface area contributed by atoms with Crippen LogP contribution in [0.25, 0.3) is 0 Å². The van der Waals surface area contributed by atoms with Gasteiger partial charge in [-0.1, -0.05) is 21.5 Å². The lowest BCUT2D eigenvalue weighted by atomic mass is 9.84. The fourth-order valence-corrected chi connectivity index (χ4v) is 4.04. The topological polar surface area (TPSA) is 80.5 Å². The molecular formula is C14H15ClN4O3S. The molecule has 1 N–H and O–H groups in total. The minimum Gasteiger partial charge on any atom is -0.399 e. The van der Waals surface area contributed by atoms with Crippen LogP contribution < -0.4 is 10.1 Å². The number of nitrogens with one attached hydrogen (secondary N) is 1. The van der Waals surface area contributed by atoms with Gasteiger partial charge >= 0.3 is 11.4 Å². The van der Waals surface area contributed by atoms with Crippen LogP contribution in [0.2, 0.25) is 5.35 Å². The van der Waals surface area contributed by atoms with Crippen LogP contribution in [0.15, 0.2) is 16.5 Å². The van der Waals surface area contributed by atoms with Gasteiger partial charge in [0.05, 0.1) is 4.88 Å². The predicted molar refractivity (Wildman–Crippen MR) is 84.1 cm³/mol. The van der Waals surface area contributed by atoms with E-state index in [9.17, 15) is 4.79 Å². The average molecular weight is 355 g/mol. The van der Waals surface area contributed by atoms with Crippen molar-refractivity contribution in [3.05, 3.63) is 22.4 Å². The Balaban J connectivity index is 1.39. The van der Waals surface area contributed by atoms with Crippen LogP contribution in [0, 0.1) is 5.92 Å². The number of fused-ring (bicyclic) bond motifs is 3. The second-order valence-electron chi connectivity index (χ2n) is 5.76. The SMILES string of the molecule is O=C(N[C@H]1CN2CCC1CC2)c1ccc(Oc2nnc(Cl)o2)s1. The summed E-state index contributed by atoms with van der Waals surface area (Å²) in [6.45, 7) is 3.26. The number of nitrogens with zero attached hydrogens (tertiary/aromatic N) is 3. The smallest absolute Gasteiger partial charge is 0.399 e. The van der Waals surface area contributed by atoms with E-state index in [-0.39, 0.29) is 23.4 Å². The van der Waals surface area contributed by atoms with Crippen LogP contribution in [0.1, 0.15) is 22.5 Å². The Labute approximate surface area is 141 Å². The Morgan fingerprint density at radius 3 is 2.87 bits per heavy atom. The number of hydrogen-bond donors (Lipinski definition) is 1. The number of ether oxygens (including phenoxy) is 1. The highest BCUT2D eigenvalue weighted by Crippen LogP contribution is 2.31. The molecule has 0 aromatic carbocycles. The van der Waals surface area contributed by atoms with E-state index in [1.807, 2.05) is 0 Å². The van der Waals surface area contributed by atoms with Gasteiger partial charge in [0.15, 0.2) is 5.06 Å². The zero-order chi connectivity index (χ0) is 15.8. The molecule has 0 spiro atoms. The van der Waals surface area contributed by atoms with Crippen molar-refractivity contribution >= 4 is 28.8 Å². The van der Waals surface area contributed by atoms with Gasteiger partial charge in [0.2, 0.25) is 0 Å². The number of piperidine rings is 3. The Morgan fingerprint density at radius 2 is 2.22 bits per heavy atom. The molecule has 3 aliphatic rings. The quantitative estimate of drug-likeness (QED) is 0.908. The molecule has 23 heavy (non-hydrogen) atoms. The highest BCUT2D eigenvalue weighted by atomic mass is 35.5. The first-order chi connectivity index (χ1) is 11.2. The first kappa shape index (κ1) is 14.9. The van der Waals surface area contributed by atoms with Crippen LogP contribution in [-0.2, 0) is 0 Å². The molecule has 2 bridgehead atoms. The molecule has 9 heteroatoms. The summed E-state index contributed by atoms with van der Waals surface area (Å²) < 4.78 is 10.3. The Morgan fingerprint density at radius 1 is 1.39 bits per heavy atom. The molecule has 0 radical (unpaired) electrons. The average Bonchev–Trinajstić information content (AvgIpc) is 3.18. The molecule has 122 valence electrons. The van der Waals surface area contributed by atoms with Crippen molar-refractivity contribution in [2.24, 2.45) is 5.92 Å². The lowest BCUT2D eigenvalue weighted by Crippen LogP contribution is -2.57. The van der Waals surface area contributed by atoms with Gasteiger partial charge in [-0.15, -0.1) is 0 Å². The van der Waals surface area contributed by atoms with Crippen molar-refractivity contribution in [3.63, 3.8) is 0 Å². The maximum atomic E-state index is 12.4. The van der Waals surface area contributed by atoms with Crippen molar-refractivity contribution < 1.29 is 13.9 Å². The summed E-state index contributed by atoms with van der Waals surface area (Å²) in [6, 6.07) is 3.68. The zero-order valence-electron chi connectivity index (χ0n) is 12.2. The highest BCUT2D eigenvalue weighted by Gasteiger charge is 2.35.